The van der Waals surface area contributed by atoms with Gasteiger partial charge in [-0.05, 0) is 74.3 Å². The maximum Gasteiger partial charge on any atom is 0.254 e. The van der Waals surface area contributed by atoms with Crippen LogP contribution in [0.1, 0.15) is 60.2 Å². The Morgan fingerprint density at radius 1 is 1.09 bits per heavy atom. The number of benzene rings is 2. The molecule has 34 heavy (non-hydrogen) atoms. The summed E-state index contributed by atoms with van der Waals surface area (Å²) in [7, 11) is 3.63. The van der Waals surface area contributed by atoms with Crippen molar-refractivity contribution in [2.75, 3.05) is 27.2 Å². The predicted molar refractivity (Wildman–Crippen MR) is 137 cm³/mol. The van der Waals surface area contributed by atoms with Crippen LogP contribution in [0.25, 0.3) is 0 Å². The largest absolute Gasteiger partial charge is 0.497 e. The van der Waals surface area contributed by atoms with Crippen molar-refractivity contribution in [3.8, 4) is 5.75 Å². The van der Waals surface area contributed by atoms with Crippen LogP contribution in [0.4, 0.5) is 0 Å². The predicted octanol–water partition coefficient (Wildman–Crippen LogP) is 5.28. The minimum Gasteiger partial charge on any atom is -0.497 e. The molecule has 2 aromatic rings. The van der Waals surface area contributed by atoms with E-state index in [1.807, 2.05) is 61.0 Å². The van der Waals surface area contributed by atoms with E-state index in [0.29, 0.717) is 18.3 Å². The number of amides is 2. The molecule has 184 valence electrons. The lowest BCUT2D eigenvalue weighted by Crippen LogP contribution is -2.48. The van der Waals surface area contributed by atoms with Gasteiger partial charge in [0.25, 0.3) is 5.91 Å². The van der Waals surface area contributed by atoms with Gasteiger partial charge in [0.15, 0.2) is 0 Å². The molecule has 0 radical (unpaired) electrons. The van der Waals surface area contributed by atoms with Crippen molar-refractivity contribution in [1.82, 2.24) is 9.80 Å². The van der Waals surface area contributed by atoms with Crippen LogP contribution in [0.15, 0.2) is 42.5 Å². The third-order valence-corrected chi connectivity index (χ3v) is 7.05. The van der Waals surface area contributed by atoms with Crippen molar-refractivity contribution in [3.63, 3.8) is 0 Å². The zero-order chi connectivity index (χ0) is 24.8. The number of piperidine rings is 1. The number of rotatable bonds is 8. The Labute approximate surface area is 205 Å². The Morgan fingerprint density at radius 3 is 2.44 bits per heavy atom. The molecule has 0 saturated carbocycles. The quantitative estimate of drug-likeness (QED) is 0.534. The molecule has 2 amide bonds. The van der Waals surface area contributed by atoms with Gasteiger partial charge in [-0.2, -0.15) is 0 Å². The first kappa shape index (κ1) is 25.8. The Bertz CT molecular complexity index is 993. The van der Waals surface area contributed by atoms with Gasteiger partial charge in [-0.15, -0.1) is 0 Å². The van der Waals surface area contributed by atoms with Gasteiger partial charge in [0.05, 0.1) is 7.11 Å². The van der Waals surface area contributed by atoms with Crippen LogP contribution in [0.2, 0.25) is 0 Å². The highest BCUT2D eigenvalue weighted by molar-refractivity contribution is 5.95. The lowest BCUT2D eigenvalue weighted by molar-refractivity contribution is -0.134. The number of likely N-dealkylation sites (N-methyl/N-ethyl adjacent to an activating group) is 1. The molecular formula is C29H40N2O3. The second kappa shape index (κ2) is 11.5. The van der Waals surface area contributed by atoms with E-state index in [-0.39, 0.29) is 17.9 Å². The fourth-order valence-corrected chi connectivity index (χ4v) is 4.96. The molecule has 3 rings (SSSR count). The standard InChI is InChI=1S/C29H40N2O3/c1-20(2)16-28(32)30(5)27(19-23-8-7-9-25(18-23)34-6)24-12-14-31(15-13-24)29(33)26-17-21(3)10-11-22(26)4/h7-11,17-18,20,24,27H,12-16,19H2,1-6H3. The number of nitrogens with zero attached hydrogens (tertiary/aromatic N) is 2. The van der Waals surface area contributed by atoms with E-state index in [2.05, 4.69) is 26.0 Å². The van der Waals surface area contributed by atoms with Gasteiger partial charge in [-0.1, -0.05) is 43.7 Å². The molecule has 0 aromatic heterocycles. The van der Waals surface area contributed by atoms with Gasteiger partial charge in [-0.25, -0.2) is 0 Å². The molecule has 1 atom stereocenters. The molecule has 5 nitrogen and oxygen atoms in total. The molecule has 2 aromatic carbocycles. The molecule has 1 unspecified atom stereocenters. The smallest absolute Gasteiger partial charge is 0.254 e. The van der Waals surface area contributed by atoms with Crippen LogP contribution in [0.5, 0.6) is 5.75 Å². The highest BCUT2D eigenvalue weighted by Gasteiger charge is 2.33. The summed E-state index contributed by atoms with van der Waals surface area (Å²) in [6, 6.07) is 14.3. The normalized spacial score (nSPS) is 15.3. The second-order valence-electron chi connectivity index (χ2n) is 10.2. The van der Waals surface area contributed by atoms with Crippen LogP contribution >= 0.6 is 0 Å². The van der Waals surface area contributed by atoms with Gasteiger partial charge in [-0.3, -0.25) is 9.59 Å². The molecule has 0 aliphatic carbocycles. The van der Waals surface area contributed by atoms with Crippen molar-refractivity contribution in [2.24, 2.45) is 11.8 Å². The highest BCUT2D eigenvalue weighted by Crippen LogP contribution is 2.29. The number of likely N-dealkylation sites (tertiary alicyclic amines) is 1. The van der Waals surface area contributed by atoms with Crippen LogP contribution in [0.3, 0.4) is 0 Å². The summed E-state index contributed by atoms with van der Waals surface area (Å²) in [4.78, 5) is 30.2. The van der Waals surface area contributed by atoms with Crippen molar-refractivity contribution in [3.05, 3.63) is 64.7 Å². The fraction of sp³-hybridized carbons (Fsp3) is 0.517. The van der Waals surface area contributed by atoms with Gasteiger partial charge in [0.1, 0.15) is 5.75 Å². The molecule has 0 N–H and O–H groups in total. The van der Waals surface area contributed by atoms with E-state index in [1.54, 1.807) is 7.11 Å². The third-order valence-electron chi connectivity index (χ3n) is 7.05. The third kappa shape index (κ3) is 6.40. The van der Waals surface area contributed by atoms with Crippen molar-refractivity contribution < 1.29 is 14.3 Å². The maximum atomic E-state index is 13.2. The average molecular weight is 465 g/mol. The summed E-state index contributed by atoms with van der Waals surface area (Å²) in [6.45, 7) is 9.63. The second-order valence-corrected chi connectivity index (χ2v) is 10.2. The Hall–Kier alpha value is -2.82. The molecule has 1 fully saturated rings. The number of methoxy groups -OCH3 is 1. The summed E-state index contributed by atoms with van der Waals surface area (Å²) in [6.07, 6.45) is 3.12. The van der Waals surface area contributed by atoms with Crippen LogP contribution in [-0.2, 0) is 11.2 Å². The lowest BCUT2D eigenvalue weighted by Gasteiger charge is -2.40. The van der Waals surface area contributed by atoms with Gasteiger partial charge in [0.2, 0.25) is 5.91 Å². The number of hydrogen-bond acceptors (Lipinski definition) is 3. The summed E-state index contributed by atoms with van der Waals surface area (Å²) in [5.74, 6) is 1.81. The molecule has 0 spiro atoms. The number of hydrogen-bond donors (Lipinski definition) is 0. The van der Waals surface area contributed by atoms with Crippen LogP contribution in [0, 0.1) is 25.7 Å². The lowest BCUT2D eigenvalue weighted by atomic mass is 9.84. The first-order valence-electron chi connectivity index (χ1n) is 12.4. The van der Waals surface area contributed by atoms with E-state index in [1.165, 1.54) is 5.56 Å². The molecule has 1 heterocycles. The summed E-state index contributed by atoms with van der Waals surface area (Å²) >= 11 is 0. The molecule has 5 heteroatoms. The highest BCUT2D eigenvalue weighted by atomic mass is 16.5. The molecule has 1 saturated heterocycles. The van der Waals surface area contributed by atoms with E-state index >= 15 is 0 Å². The number of ether oxygens (including phenoxy) is 1. The Kier molecular flexibility index (Phi) is 8.76. The minimum atomic E-state index is 0.0938. The van der Waals surface area contributed by atoms with Gasteiger partial charge < -0.3 is 14.5 Å². The van der Waals surface area contributed by atoms with Crippen LogP contribution in [-0.4, -0.2) is 54.9 Å². The number of carbonyl (C=O) groups excluding carboxylic acids is 2. The molecule has 0 bridgehead atoms. The van der Waals surface area contributed by atoms with Crippen LogP contribution < -0.4 is 4.74 Å². The van der Waals surface area contributed by atoms with Gasteiger partial charge in [0, 0.05) is 38.2 Å². The molecule has 1 aliphatic rings. The summed E-state index contributed by atoms with van der Waals surface area (Å²) in [5.41, 5.74) is 4.10. The molecule has 1 aliphatic heterocycles. The molecular weight excluding hydrogens is 424 g/mol. The van der Waals surface area contributed by atoms with Gasteiger partial charge >= 0.3 is 0 Å². The Balaban J connectivity index is 1.75. The van der Waals surface area contributed by atoms with Crippen molar-refractivity contribution in [2.45, 2.75) is 59.4 Å². The maximum absolute atomic E-state index is 13.2. The van der Waals surface area contributed by atoms with E-state index in [9.17, 15) is 9.59 Å². The first-order valence-corrected chi connectivity index (χ1v) is 12.4. The average Bonchev–Trinajstić information content (AvgIpc) is 2.83. The topological polar surface area (TPSA) is 49.9 Å². The van der Waals surface area contributed by atoms with E-state index < -0.39 is 0 Å². The zero-order valence-electron chi connectivity index (χ0n) is 21.6. The Morgan fingerprint density at radius 2 is 1.79 bits per heavy atom. The zero-order valence-corrected chi connectivity index (χ0v) is 21.6. The summed E-state index contributed by atoms with van der Waals surface area (Å²) < 4.78 is 5.42. The minimum absolute atomic E-state index is 0.0938. The van der Waals surface area contributed by atoms with E-state index in [4.69, 9.17) is 4.74 Å². The number of aryl methyl sites for hydroxylation is 2. The monoisotopic (exact) mass is 464 g/mol. The van der Waals surface area contributed by atoms with Crippen molar-refractivity contribution >= 4 is 11.8 Å². The SMILES string of the molecule is COc1cccc(CC(C2CCN(C(=O)c3cc(C)ccc3C)CC2)N(C)C(=O)CC(C)C)c1. The fourth-order valence-electron chi connectivity index (χ4n) is 4.96. The first-order chi connectivity index (χ1) is 16.2. The summed E-state index contributed by atoms with van der Waals surface area (Å²) in [5, 5.41) is 0. The van der Waals surface area contributed by atoms with E-state index in [0.717, 1.165) is 54.8 Å². The van der Waals surface area contributed by atoms with Crippen molar-refractivity contribution in [1.29, 1.82) is 0 Å². The number of carbonyl (C=O) groups is 2.